The van der Waals surface area contributed by atoms with Gasteiger partial charge in [0.25, 0.3) is 0 Å². The summed E-state index contributed by atoms with van der Waals surface area (Å²) >= 11 is 0. The van der Waals surface area contributed by atoms with Crippen LogP contribution in [0.15, 0.2) is 0 Å². The molecule has 2 fully saturated rings. The lowest BCUT2D eigenvalue weighted by Gasteiger charge is -2.10. The fourth-order valence-corrected chi connectivity index (χ4v) is 2.12. The van der Waals surface area contributed by atoms with E-state index in [1.165, 1.54) is 0 Å². The Bertz CT molecular complexity index is 223. The van der Waals surface area contributed by atoms with Crippen molar-refractivity contribution in [3.8, 4) is 0 Å². The second kappa shape index (κ2) is 3.54. The van der Waals surface area contributed by atoms with Crippen LogP contribution in [0.2, 0.25) is 0 Å². The van der Waals surface area contributed by atoms with Gasteiger partial charge < -0.3 is 10.6 Å². The molecule has 0 aromatic rings. The maximum absolute atomic E-state index is 11.6. The predicted octanol–water partition coefficient (Wildman–Crippen LogP) is 0.901. The molecule has 2 rings (SSSR count). The van der Waals surface area contributed by atoms with Crippen molar-refractivity contribution in [1.82, 2.24) is 10.6 Å². The van der Waals surface area contributed by atoms with E-state index in [-0.39, 0.29) is 5.91 Å². The molecule has 1 saturated carbocycles. The molecule has 0 radical (unpaired) electrons. The summed E-state index contributed by atoms with van der Waals surface area (Å²) < 4.78 is 0. The summed E-state index contributed by atoms with van der Waals surface area (Å²) in [5.41, 5.74) is 0.351. The highest BCUT2D eigenvalue weighted by molar-refractivity contribution is 5.77. The van der Waals surface area contributed by atoms with Crippen molar-refractivity contribution in [2.45, 2.75) is 39.2 Å². The third-order valence-electron chi connectivity index (χ3n) is 3.49. The zero-order valence-corrected chi connectivity index (χ0v) is 9.10. The van der Waals surface area contributed by atoms with Crippen LogP contribution in [-0.2, 0) is 4.79 Å². The van der Waals surface area contributed by atoms with E-state index in [0.717, 1.165) is 25.9 Å². The van der Waals surface area contributed by atoms with Gasteiger partial charge in [0, 0.05) is 12.5 Å². The van der Waals surface area contributed by atoms with Crippen LogP contribution in [-0.4, -0.2) is 25.0 Å². The number of nitrogens with one attached hydrogen (secondary N) is 2. The monoisotopic (exact) mass is 196 g/mol. The van der Waals surface area contributed by atoms with Crippen LogP contribution >= 0.6 is 0 Å². The van der Waals surface area contributed by atoms with Gasteiger partial charge in [-0.15, -0.1) is 0 Å². The van der Waals surface area contributed by atoms with Gasteiger partial charge >= 0.3 is 0 Å². The van der Waals surface area contributed by atoms with Gasteiger partial charge in [0.15, 0.2) is 0 Å². The second-order valence-corrected chi connectivity index (χ2v) is 5.38. The predicted molar refractivity (Wildman–Crippen MR) is 55.9 cm³/mol. The summed E-state index contributed by atoms with van der Waals surface area (Å²) in [5.74, 6) is 0.811. The maximum Gasteiger partial charge on any atom is 0.220 e. The fourth-order valence-electron chi connectivity index (χ4n) is 2.12. The average molecular weight is 196 g/mol. The molecule has 2 atom stereocenters. The molecule has 2 N–H and O–H groups in total. The van der Waals surface area contributed by atoms with E-state index in [1.807, 2.05) is 0 Å². The summed E-state index contributed by atoms with van der Waals surface area (Å²) in [6, 6.07) is 0.435. The summed E-state index contributed by atoms with van der Waals surface area (Å²) in [4.78, 5) is 11.6. The molecule has 2 unspecified atom stereocenters. The summed E-state index contributed by atoms with van der Waals surface area (Å²) in [6.45, 7) is 6.50. The molecule has 2 aliphatic rings. The van der Waals surface area contributed by atoms with Gasteiger partial charge in [-0.2, -0.15) is 0 Å². The Kier molecular flexibility index (Phi) is 2.52. The Hall–Kier alpha value is -0.570. The largest absolute Gasteiger partial charge is 0.353 e. The number of rotatable bonds is 3. The van der Waals surface area contributed by atoms with Crippen molar-refractivity contribution in [1.29, 1.82) is 0 Å². The van der Waals surface area contributed by atoms with E-state index in [4.69, 9.17) is 0 Å². The highest BCUT2D eigenvalue weighted by atomic mass is 16.1. The van der Waals surface area contributed by atoms with Crippen LogP contribution in [0.1, 0.15) is 33.1 Å². The molecule has 14 heavy (non-hydrogen) atoms. The number of amides is 1. The number of hydrogen-bond acceptors (Lipinski definition) is 2. The quantitative estimate of drug-likeness (QED) is 0.704. The summed E-state index contributed by atoms with van der Waals surface area (Å²) in [6.07, 6.45) is 3.00. The van der Waals surface area contributed by atoms with Gasteiger partial charge in [-0.05, 0) is 37.3 Å². The van der Waals surface area contributed by atoms with Crippen molar-refractivity contribution in [3.05, 3.63) is 0 Å². The molecule has 0 aromatic carbocycles. The Balaban J connectivity index is 1.69. The lowest BCUT2D eigenvalue weighted by atomic mass is 10.0. The molecule has 0 aromatic heterocycles. The molecule has 1 amide bonds. The standard InChI is InChI=1S/C11H20N2O/c1-11(2)6-9(11)13-10(14)5-8-3-4-12-7-8/h8-9,12H,3-7H2,1-2H3,(H,13,14). The number of carbonyl (C=O) groups is 1. The molecule has 3 nitrogen and oxygen atoms in total. The smallest absolute Gasteiger partial charge is 0.220 e. The zero-order chi connectivity index (χ0) is 10.2. The molecule has 3 heteroatoms. The summed E-state index contributed by atoms with van der Waals surface area (Å²) in [7, 11) is 0. The third kappa shape index (κ3) is 2.27. The summed E-state index contributed by atoms with van der Waals surface area (Å²) in [5, 5.41) is 6.39. The van der Waals surface area contributed by atoms with E-state index in [2.05, 4.69) is 24.5 Å². The van der Waals surface area contributed by atoms with Crippen molar-refractivity contribution < 1.29 is 4.79 Å². The van der Waals surface area contributed by atoms with Crippen molar-refractivity contribution >= 4 is 5.91 Å². The maximum atomic E-state index is 11.6. The topological polar surface area (TPSA) is 41.1 Å². The Morgan fingerprint density at radius 1 is 1.57 bits per heavy atom. The third-order valence-corrected chi connectivity index (χ3v) is 3.49. The molecule has 1 heterocycles. The number of carbonyl (C=O) groups excluding carboxylic acids is 1. The van der Waals surface area contributed by atoms with Crippen LogP contribution < -0.4 is 10.6 Å². The van der Waals surface area contributed by atoms with Crippen LogP contribution in [0, 0.1) is 11.3 Å². The Morgan fingerprint density at radius 3 is 2.79 bits per heavy atom. The molecular weight excluding hydrogens is 176 g/mol. The first-order chi connectivity index (χ1) is 6.58. The zero-order valence-electron chi connectivity index (χ0n) is 9.10. The van der Waals surface area contributed by atoms with Crippen LogP contribution in [0.5, 0.6) is 0 Å². The van der Waals surface area contributed by atoms with E-state index in [0.29, 0.717) is 23.8 Å². The molecule has 1 saturated heterocycles. The first-order valence-corrected chi connectivity index (χ1v) is 5.58. The second-order valence-electron chi connectivity index (χ2n) is 5.38. The lowest BCUT2D eigenvalue weighted by molar-refractivity contribution is -0.122. The van der Waals surface area contributed by atoms with E-state index in [1.54, 1.807) is 0 Å². The van der Waals surface area contributed by atoms with Gasteiger partial charge in [-0.1, -0.05) is 13.8 Å². The minimum atomic E-state index is 0.245. The van der Waals surface area contributed by atoms with Crippen LogP contribution in [0.25, 0.3) is 0 Å². The normalized spacial score (nSPS) is 34.1. The SMILES string of the molecule is CC1(C)CC1NC(=O)CC1CCNC1. The first-order valence-electron chi connectivity index (χ1n) is 5.58. The van der Waals surface area contributed by atoms with Crippen molar-refractivity contribution in [2.24, 2.45) is 11.3 Å². The van der Waals surface area contributed by atoms with Crippen molar-refractivity contribution in [2.75, 3.05) is 13.1 Å². The van der Waals surface area contributed by atoms with Gasteiger partial charge in [-0.25, -0.2) is 0 Å². The fraction of sp³-hybridized carbons (Fsp3) is 0.909. The molecule has 1 aliphatic heterocycles. The van der Waals surface area contributed by atoms with Gasteiger partial charge in [0.2, 0.25) is 5.91 Å². The first kappa shape index (κ1) is 9.97. The van der Waals surface area contributed by atoms with Gasteiger partial charge in [0.1, 0.15) is 0 Å². The Morgan fingerprint density at radius 2 is 2.29 bits per heavy atom. The highest BCUT2D eigenvalue weighted by Crippen LogP contribution is 2.44. The number of hydrogen-bond donors (Lipinski definition) is 2. The minimum Gasteiger partial charge on any atom is -0.353 e. The minimum absolute atomic E-state index is 0.245. The molecule has 80 valence electrons. The van der Waals surface area contributed by atoms with Crippen LogP contribution in [0.4, 0.5) is 0 Å². The van der Waals surface area contributed by atoms with E-state index < -0.39 is 0 Å². The Labute approximate surface area is 85.6 Å². The molecule has 1 aliphatic carbocycles. The highest BCUT2D eigenvalue weighted by Gasteiger charge is 2.46. The molecule has 0 spiro atoms. The van der Waals surface area contributed by atoms with Gasteiger partial charge in [-0.3, -0.25) is 4.79 Å². The average Bonchev–Trinajstić information content (AvgIpc) is 2.49. The molecular formula is C11H20N2O. The van der Waals surface area contributed by atoms with E-state index in [9.17, 15) is 4.79 Å². The van der Waals surface area contributed by atoms with Crippen LogP contribution in [0.3, 0.4) is 0 Å². The van der Waals surface area contributed by atoms with Gasteiger partial charge in [0.05, 0.1) is 0 Å². The van der Waals surface area contributed by atoms with E-state index >= 15 is 0 Å². The molecule has 0 bridgehead atoms. The lowest BCUT2D eigenvalue weighted by Crippen LogP contribution is -2.30. The van der Waals surface area contributed by atoms with Crippen molar-refractivity contribution in [3.63, 3.8) is 0 Å².